The van der Waals surface area contributed by atoms with Crippen LogP contribution in [0.1, 0.15) is 99.3 Å². The smallest absolute Gasteiger partial charge is 0.315 e. The summed E-state index contributed by atoms with van der Waals surface area (Å²) in [5.41, 5.74) is 4.58. The van der Waals surface area contributed by atoms with Crippen LogP contribution in [0.3, 0.4) is 0 Å². The van der Waals surface area contributed by atoms with Gasteiger partial charge in [-0.15, -0.1) is 0 Å². The van der Waals surface area contributed by atoms with E-state index in [9.17, 15) is 24.0 Å². The van der Waals surface area contributed by atoms with Gasteiger partial charge in [0.1, 0.15) is 12.1 Å². The Labute approximate surface area is 279 Å². The molecule has 6 atom stereocenters. The Kier molecular flexibility index (Phi) is 11.8. The van der Waals surface area contributed by atoms with Crippen LogP contribution < -0.4 is 21.7 Å². The molecular weight excluding hydrogens is 604 g/mol. The summed E-state index contributed by atoms with van der Waals surface area (Å²) in [7, 11) is 2.05. The second-order valence-electron chi connectivity index (χ2n) is 15.9. The zero-order valence-corrected chi connectivity index (χ0v) is 29.8. The van der Waals surface area contributed by atoms with Crippen LogP contribution in [-0.2, 0) is 19.2 Å². The number of hydrogen-bond donors (Lipinski definition) is 4. The van der Waals surface area contributed by atoms with E-state index < -0.39 is 41.1 Å². The van der Waals surface area contributed by atoms with E-state index in [1.165, 1.54) is 6.42 Å². The van der Waals surface area contributed by atoms with Crippen molar-refractivity contribution in [1.29, 1.82) is 0 Å². The first-order valence-corrected chi connectivity index (χ1v) is 18.4. The lowest BCUT2D eigenvalue weighted by Crippen LogP contribution is -2.62. The monoisotopic (exact) mass is 662 g/mol. The third-order valence-electron chi connectivity index (χ3n) is 11.2. The molecule has 4 aliphatic rings. The number of carbonyl (C=O) groups excluding carboxylic acids is 5. The van der Waals surface area contributed by atoms with Crippen molar-refractivity contribution in [2.75, 3.05) is 25.9 Å². The Morgan fingerprint density at radius 1 is 0.978 bits per heavy atom. The maximum Gasteiger partial charge on any atom is 0.315 e. The van der Waals surface area contributed by atoms with Gasteiger partial charge >= 0.3 is 6.03 Å². The Bertz CT molecular complexity index is 1150. The molecule has 4 fully saturated rings. The first kappa shape index (κ1) is 36.5. The first-order chi connectivity index (χ1) is 21.6. The number of amides is 5. The fraction of sp³-hybridized carbons (Fsp3) is 0.853. The standard InChI is InChI=1S/C34H58N6O5S/c1-8-46-39(7)19-24(21-15-10-9-11-16-21)37-32(45)38-28(33(2,3)4)31(44)40-18-22-25(34(22,5)6)26(40)30(43)36-23(27(41)29(35)42)17-20-13-12-14-20/h20-26,28H,8-19H2,1-7H3,(H2,35,42)(H,36,43)(H2,37,38,45)/t22-,23?,24+,25-,26-,28+/m0/s1. The third-order valence-corrected chi connectivity index (χ3v) is 12.0. The molecule has 260 valence electrons. The van der Waals surface area contributed by atoms with Crippen LogP contribution in [0.2, 0.25) is 0 Å². The molecule has 46 heavy (non-hydrogen) atoms. The second kappa shape index (κ2) is 14.8. The van der Waals surface area contributed by atoms with Gasteiger partial charge in [0, 0.05) is 24.9 Å². The lowest BCUT2D eigenvalue weighted by atomic mass is 9.80. The lowest BCUT2D eigenvalue weighted by Gasteiger charge is -2.39. The van der Waals surface area contributed by atoms with Crippen molar-refractivity contribution in [1.82, 2.24) is 25.2 Å². The molecule has 3 saturated carbocycles. The second-order valence-corrected chi connectivity index (χ2v) is 17.3. The summed E-state index contributed by atoms with van der Waals surface area (Å²) in [4.78, 5) is 68.2. The largest absolute Gasteiger partial charge is 0.363 e. The molecule has 4 rings (SSSR count). The quantitative estimate of drug-likeness (QED) is 0.164. The Hall–Kier alpha value is -2.34. The zero-order valence-electron chi connectivity index (χ0n) is 29.0. The number of rotatable bonds is 14. The molecule has 5 amide bonds. The molecule has 0 spiro atoms. The molecule has 3 aliphatic carbocycles. The van der Waals surface area contributed by atoms with Crippen LogP contribution >= 0.6 is 11.9 Å². The van der Waals surface area contributed by atoms with E-state index >= 15 is 0 Å². The Morgan fingerprint density at radius 3 is 2.17 bits per heavy atom. The molecule has 1 unspecified atom stereocenters. The summed E-state index contributed by atoms with van der Waals surface area (Å²) in [6.07, 6.45) is 8.98. The summed E-state index contributed by atoms with van der Waals surface area (Å²) in [6, 6.07) is -3.11. The number of primary amides is 1. The minimum atomic E-state index is -1.07. The molecule has 0 bridgehead atoms. The maximum absolute atomic E-state index is 14.4. The minimum Gasteiger partial charge on any atom is -0.363 e. The summed E-state index contributed by atoms with van der Waals surface area (Å²) in [6.45, 7) is 13.1. The number of ketones is 1. The van der Waals surface area contributed by atoms with Crippen molar-refractivity contribution in [2.45, 2.75) is 123 Å². The predicted molar refractivity (Wildman–Crippen MR) is 180 cm³/mol. The Balaban J connectivity index is 1.51. The molecule has 12 heteroatoms. The van der Waals surface area contributed by atoms with Gasteiger partial charge in [0.25, 0.3) is 5.91 Å². The highest BCUT2D eigenvalue weighted by molar-refractivity contribution is 7.96. The van der Waals surface area contributed by atoms with Crippen LogP contribution in [0.15, 0.2) is 0 Å². The van der Waals surface area contributed by atoms with Crippen molar-refractivity contribution in [3.05, 3.63) is 0 Å². The fourth-order valence-electron chi connectivity index (χ4n) is 8.09. The van der Waals surface area contributed by atoms with Crippen molar-refractivity contribution >= 4 is 41.5 Å². The normalized spacial score (nSPS) is 26.3. The van der Waals surface area contributed by atoms with Crippen molar-refractivity contribution < 1.29 is 24.0 Å². The topological polar surface area (TPSA) is 154 Å². The average molecular weight is 663 g/mol. The van der Waals surface area contributed by atoms with E-state index in [2.05, 4.69) is 41.0 Å². The number of fused-ring (bicyclic) bond motifs is 1. The minimum absolute atomic E-state index is 0.0470. The highest BCUT2D eigenvalue weighted by Crippen LogP contribution is 2.65. The molecule has 1 saturated heterocycles. The number of likely N-dealkylation sites (tertiary alicyclic amines) is 1. The van der Waals surface area contributed by atoms with Crippen LogP contribution in [0, 0.1) is 34.5 Å². The van der Waals surface area contributed by atoms with Gasteiger partial charge in [0.2, 0.25) is 17.6 Å². The third kappa shape index (κ3) is 8.38. The Morgan fingerprint density at radius 2 is 1.63 bits per heavy atom. The number of nitrogens with two attached hydrogens (primary N) is 1. The van der Waals surface area contributed by atoms with Crippen molar-refractivity contribution in [3.63, 3.8) is 0 Å². The summed E-state index contributed by atoms with van der Waals surface area (Å²) in [5.74, 6) is -0.992. The highest BCUT2D eigenvalue weighted by atomic mass is 32.2. The van der Waals surface area contributed by atoms with E-state index in [0.717, 1.165) is 50.7 Å². The average Bonchev–Trinajstić information content (AvgIpc) is 3.27. The molecule has 5 N–H and O–H groups in total. The molecule has 1 aliphatic heterocycles. The molecular formula is C34H58N6O5S. The van der Waals surface area contributed by atoms with Crippen LogP contribution in [0.4, 0.5) is 4.79 Å². The number of Topliss-reactive ketones (excluding diaryl/α,β-unsaturated/α-hetero) is 1. The van der Waals surface area contributed by atoms with Gasteiger partial charge in [-0.3, -0.25) is 23.5 Å². The fourth-order valence-corrected chi connectivity index (χ4v) is 8.80. The van der Waals surface area contributed by atoms with Gasteiger partial charge in [-0.2, -0.15) is 0 Å². The lowest BCUT2D eigenvalue weighted by molar-refractivity contribution is -0.145. The molecule has 11 nitrogen and oxygen atoms in total. The van der Waals surface area contributed by atoms with Crippen molar-refractivity contribution in [2.24, 2.45) is 40.2 Å². The first-order valence-electron chi connectivity index (χ1n) is 17.4. The number of nitrogens with one attached hydrogen (secondary N) is 3. The number of urea groups is 1. The predicted octanol–water partition coefficient (Wildman–Crippen LogP) is 3.46. The zero-order chi connectivity index (χ0) is 34.0. The van der Waals surface area contributed by atoms with E-state index in [1.807, 2.05) is 27.8 Å². The summed E-state index contributed by atoms with van der Waals surface area (Å²) >= 11 is 1.73. The van der Waals surface area contributed by atoms with Gasteiger partial charge < -0.3 is 26.6 Å². The molecule has 0 aromatic rings. The molecule has 0 aromatic carbocycles. The molecule has 1 heterocycles. The summed E-state index contributed by atoms with van der Waals surface area (Å²) < 4.78 is 2.18. The molecule has 0 radical (unpaired) electrons. The highest BCUT2D eigenvalue weighted by Gasteiger charge is 2.70. The number of nitrogens with zero attached hydrogens (tertiary/aromatic N) is 2. The van der Waals surface area contributed by atoms with E-state index in [1.54, 1.807) is 16.8 Å². The molecule has 0 aromatic heterocycles. The number of piperidine rings is 1. The SMILES string of the molecule is CCSN(C)C[C@@H](NC(=O)N[C@H](C(=O)N1C[C@H]2[C@@H]([C@H]1C(=O)NC(CC1CCC1)C(=O)C(N)=O)C2(C)C)C(C)(C)C)C1CCCCC1. The maximum atomic E-state index is 14.4. The number of hydrogen-bond acceptors (Lipinski definition) is 7. The van der Waals surface area contributed by atoms with Crippen LogP contribution in [0.5, 0.6) is 0 Å². The summed E-state index contributed by atoms with van der Waals surface area (Å²) in [5, 5.41) is 9.09. The van der Waals surface area contributed by atoms with Gasteiger partial charge in [-0.05, 0) is 60.8 Å². The van der Waals surface area contributed by atoms with Gasteiger partial charge in [0.05, 0.1) is 6.04 Å². The number of carbonyl (C=O) groups is 5. The van der Waals surface area contributed by atoms with Crippen LogP contribution in [0.25, 0.3) is 0 Å². The van der Waals surface area contributed by atoms with Gasteiger partial charge in [0.15, 0.2) is 0 Å². The van der Waals surface area contributed by atoms with Crippen LogP contribution in [-0.4, -0.2) is 88.8 Å². The van der Waals surface area contributed by atoms with E-state index in [-0.39, 0.29) is 41.1 Å². The van der Waals surface area contributed by atoms with E-state index in [0.29, 0.717) is 25.4 Å². The van der Waals surface area contributed by atoms with E-state index in [4.69, 9.17) is 5.73 Å². The van der Waals surface area contributed by atoms with Gasteiger partial charge in [-0.25, -0.2) is 4.79 Å². The van der Waals surface area contributed by atoms with Gasteiger partial charge in [-0.1, -0.05) is 92.0 Å². The number of likely N-dealkylation sites (N-methyl/N-ethyl adjacent to an activating group) is 1. The van der Waals surface area contributed by atoms with Crippen molar-refractivity contribution in [3.8, 4) is 0 Å².